The van der Waals surface area contributed by atoms with Crippen molar-refractivity contribution >= 4 is 10.9 Å². The van der Waals surface area contributed by atoms with E-state index in [4.69, 9.17) is 0 Å². The summed E-state index contributed by atoms with van der Waals surface area (Å²) in [6.45, 7) is 2.09. The molecular weight excluding hydrogens is 388 g/mol. The van der Waals surface area contributed by atoms with Crippen LogP contribution in [-0.4, -0.2) is 38.3 Å². The Labute approximate surface area is 182 Å². The summed E-state index contributed by atoms with van der Waals surface area (Å²) < 4.78 is 2.03. The maximum absolute atomic E-state index is 13.3. The lowest BCUT2D eigenvalue weighted by Crippen LogP contribution is -3.13. The average Bonchev–Trinajstić information content (AvgIpc) is 3.47. The first kappa shape index (κ1) is 20.4. The van der Waals surface area contributed by atoms with Crippen LogP contribution in [0.3, 0.4) is 0 Å². The first-order valence-corrected chi connectivity index (χ1v) is 11.9. The Balaban J connectivity index is 1.64. The number of H-pyrrole nitrogens is 1. The zero-order valence-electron chi connectivity index (χ0n) is 18.6. The summed E-state index contributed by atoms with van der Waals surface area (Å²) in [6, 6.07) is 8.93. The van der Waals surface area contributed by atoms with Crippen LogP contribution in [0.1, 0.15) is 86.8 Å². The highest BCUT2D eigenvalue weighted by molar-refractivity contribution is 5.79. The van der Waals surface area contributed by atoms with E-state index < -0.39 is 0 Å². The zero-order chi connectivity index (χ0) is 21.4. The van der Waals surface area contributed by atoms with E-state index in [9.17, 15) is 4.79 Å². The molecule has 2 aromatic heterocycles. The number of quaternary nitrogens is 1. The maximum Gasteiger partial charge on any atom is 0.258 e. The molecule has 1 unspecified atom stereocenters. The monoisotopic (exact) mass is 421 g/mol. The quantitative estimate of drug-likeness (QED) is 0.664. The van der Waals surface area contributed by atoms with Crippen molar-refractivity contribution in [2.75, 3.05) is 7.05 Å². The van der Waals surface area contributed by atoms with Crippen LogP contribution in [0.2, 0.25) is 0 Å². The molecule has 0 amide bonds. The Kier molecular flexibility index (Phi) is 5.61. The van der Waals surface area contributed by atoms with Gasteiger partial charge in [-0.3, -0.25) is 4.79 Å². The third-order valence-electron chi connectivity index (χ3n) is 7.49. The third kappa shape index (κ3) is 3.91. The number of aromatic amines is 1. The summed E-state index contributed by atoms with van der Waals surface area (Å²) in [5.41, 5.74) is 2.81. The van der Waals surface area contributed by atoms with Gasteiger partial charge in [0.25, 0.3) is 5.56 Å². The van der Waals surface area contributed by atoms with Crippen LogP contribution in [0, 0.1) is 6.92 Å². The largest absolute Gasteiger partial charge is 0.322 e. The van der Waals surface area contributed by atoms with Crippen LogP contribution in [0.15, 0.2) is 29.1 Å². The number of rotatable bonds is 5. The summed E-state index contributed by atoms with van der Waals surface area (Å²) in [5, 5.41) is 14.1. The molecule has 2 aliphatic carbocycles. The number of hydrogen-bond acceptors (Lipinski definition) is 4. The van der Waals surface area contributed by atoms with Crippen LogP contribution in [0.25, 0.3) is 10.9 Å². The van der Waals surface area contributed by atoms with Crippen LogP contribution in [-0.2, 0) is 0 Å². The number of nitrogens with zero attached hydrogens (tertiary/aromatic N) is 4. The lowest BCUT2D eigenvalue weighted by atomic mass is 9.92. The normalized spacial score (nSPS) is 20.3. The number of pyridine rings is 1. The molecule has 2 saturated carbocycles. The topological polar surface area (TPSA) is 80.9 Å². The lowest BCUT2D eigenvalue weighted by Gasteiger charge is -2.33. The minimum absolute atomic E-state index is 0.0301. The minimum atomic E-state index is -0.174. The second-order valence-electron chi connectivity index (χ2n) is 9.58. The Bertz CT molecular complexity index is 1110. The van der Waals surface area contributed by atoms with E-state index in [-0.39, 0.29) is 11.6 Å². The third-order valence-corrected chi connectivity index (χ3v) is 7.49. The van der Waals surface area contributed by atoms with Gasteiger partial charge in [-0.15, -0.1) is 5.10 Å². The summed E-state index contributed by atoms with van der Waals surface area (Å²) in [6.07, 6.45) is 10.9. The first-order chi connectivity index (χ1) is 15.1. The molecule has 164 valence electrons. The molecule has 3 aromatic rings. The van der Waals surface area contributed by atoms with Crippen molar-refractivity contribution in [3.8, 4) is 0 Å². The van der Waals surface area contributed by atoms with E-state index in [1.807, 2.05) is 16.8 Å². The lowest BCUT2D eigenvalue weighted by molar-refractivity contribution is -0.933. The van der Waals surface area contributed by atoms with Crippen molar-refractivity contribution in [3.63, 3.8) is 0 Å². The van der Waals surface area contributed by atoms with E-state index in [0.29, 0.717) is 12.1 Å². The molecule has 5 rings (SSSR count). The molecule has 0 bridgehead atoms. The smallest absolute Gasteiger partial charge is 0.258 e. The SMILES string of the molecule is Cc1ccc2[nH]c(=O)c([C@H](c3nnnn3C3CCCC3)[NH+](C)C3CCCCC3)cc2c1. The Morgan fingerprint density at radius 1 is 1.06 bits per heavy atom. The molecule has 0 aliphatic heterocycles. The van der Waals surface area contributed by atoms with E-state index in [1.165, 1.54) is 55.4 Å². The Morgan fingerprint density at radius 2 is 1.81 bits per heavy atom. The van der Waals surface area contributed by atoms with Gasteiger partial charge in [-0.25, -0.2) is 4.68 Å². The number of hydrogen-bond donors (Lipinski definition) is 2. The summed E-state index contributed by atoms with van der Waals surface area (Å²) in [7, 11) is 2.23. The maximum atomic E-state index is 13.3. The first-order valence-electron chi connectivity index (χ1n) is 11.9. The fourth-order valence-corrected chi connectivity index (χ4v) is 5.74. The predicted molar refractivity (Wildman–Crippen MR) is 120 cm³/mol. The molecule has 31 heavy (non-hydrogen) atoms. The van der Waals surface area contributed by atoms with E-state index >= 15 is 0 Å². The fraction of sp³-hybridized carbons (Fsp3) is 0.583. The van der Waals surface area contributed by atoms with Gasteiger partial charge in [-0.2, -0.15) is 0 Å². The van der Waals surface area contributed by atoms with E-state index in [2.05, 4.69) is 46.6 Å². The standard InChI is InChI=1S/C24H32N6O/c1-16-12-13-21-17(14-16)15-20(24(31)25-21)22(29(2)18-8-4-3-5-9-18)23-26-27-28-30(23)19-10-6-7-11-19/h12-15,18-19,22H,3-11H2,1-2H3,(H,25,31)/p+1/t22-/m1/s1. The average molecular weight is 422 g/mol. The molecule has 7 nitrogen and oxygen atoms in total. The van der Waals surface area contributed by atoms with Crippen molar-refractivity contribution in [2.24, 2.45) is 0 Å². The van der Waals surface area contributed by atoms with E-state index in [0.717, 1.165) is 35.1 Å². The fourth-order valence-electron chi connectivity index (χ4n) is 5.74. The van der Waals surface area contributed by atoms with Gasteiger partial charge in [0.05, 0.1) is 24.7 Å². The second kappa shape index (κ2) is 8.54. The number of fused-ring (bicyclic) bond motifs is 1. The van der Waals surface area contributed by atoms with Crippen molar-refractivity contribution < 1.29 is 4.90 Å². The second-order valence-corrected chi connectivity index (χ2v) is 9.58. The number of benzene rings is 1. The summed E-state index contributed by atoms with van der Waals surface area (Å²) >= 11 is 0. The van der Waals surface area contributed by atoms with Gasteiger partial charge in [0.15, 0.2) is 6.04 Å². The molecule has 1 aromatic carbocycles. The zero-order valence-corrected chi connectivity index (χ0v) is 18.6. The van der Waals surface area contributed by atoms with Crippen molar-refractivity contribution in [2.45, 2.75) is 82.8 Å². The molecule has 0 spiro atoms. The van der Waals surface area contributed by atoms with Crippen LogP contribution < -0.4 is 10.5 Å². The van der Waals surface area contributed by atoms with Gasteiger partial charge in [0, 0.05) is 5.52 Å². The highest BCUT2D eigenvalue weighted by Crippen LogP contribution is 2.31. The van der Waals surface area contributed by atoms with Crippen molar-refractivity contribution in [3.05, 3.63) is 51.6 Å². The van der Waals surface area contributed by atoms with Crippen molar-refractivity contribution in [1.82, 2.24) is 25.2 Å². The Morgan fingerprint density at radius 3 is 2.58 bits per heavy atom. The number of nitrogens with one attached hydrogen (secondary N) is 2. The van der Waals surface area contributed by atoms with E-state index in [1.54, 1.807) is 0 Å². The molecule has 7 heteroatoms. The van der Waals surface area contributed by atoms with Crippen molar-refractivity contribution in [1.29, 1.82) is 0 Å². The van der Waals surface area contributed by atoms with Gasteiger partial charge >= 0.3 is 0 Å². The van der Waals surface area contributed by atoms with Gasteiger partial charge in [0.1, 0.15) is 0 Å². The van der Waals surface area contributed by atoms with Gasteiger partial charge in [-0.05, 0) is 79.5 Å². The van der Waals surface area contributed by atoms with Gasteiger partial charge in [0.2, 0.25) is 5.82 Å². The highest BCUT2D eigenvalue weighted by Gasteiger charge is 2.38. The molecular formula is C24H33N6O+. The number of aryl methyl sites for hydroxylation is 1. The highest BCUT2D eigenvalue weighted by atomic mass is 16.1. The summed E-state index contributed by atoms with van der Waals surface area (Å²) in [5.74, 6) is 0.840. The van der Waals surface area contributed by atoms with Gasteiger partial charge in [-0.1, -0.05) is 30.9 Å². The molecule has 0 saturated heterocycles. The minimum Gasteiger partial charge on any atom is -0.322 e. The molecule has 2 atom stereocenters. The number of tetrazole rings is 1. The number of aromatic nitrogens is 5. The molecule has 2 fully saturated rings. The molecule has 0 radical (unpaired) electrons. The van der Waals surface area contributed by atoms with Crippen LogP contribution in [0.5, 0.6) is 0 Å². The molecule has 2 heterocycles. The summed E-state index contributed by atoms with van der Waals surface area (Å²) in [4.78, 5) is 17.8. The predicted octanol–water partition coefficient (Wildman–Crippen LogP) is 2.87. The molecule has 2 aliphatic rings. The van der Waals surface area contributed by atoms with Crippen LogP contribution in [0.4, 0.5) is 0 Å². The molecule has 2 N–H and O–H groups in total. The van der Waals surface area contributed by atoms with Gasteiger partial charge < -0.3 is 9.88 Å². The Hall–Kier alpha value is -2.54. The van der Waals surface area contributed by atoms with Crippen LogP contribution >= 0.6 is 0 Å².